The number of nitrogens with one attached hydrogen (secondary N) is 1. The van der Waals surface area contributed by atoms with Crippen LogP contribution >= 0.6 is 0 Å². The number of Topliss-reactive ketones (excluding diaryl/α,β-unsaturated/α-hetero) is 1. The van der Waals surface area contributed by atoms with Crippen molar-refractivity contribution in [3.63, 3.8) is 0 Å². The minimum atomic E-state index is -0.00636. The SMILES string of the molecule is Cc1cc2nc(Nc3ncc4c(n3)C[C@@H](c3ccco3)CC4=O)nc(C)c2cc1C. The fourth-order valence-corrected chi connectivity index (χ4v) is 3.93. The van der Waals surface area contributed by atoms with E-state index in [1.807, 2.05) is 19.1 Å². The molecule has 0 spiro atoms. The van der Waals surface area contributed by atoms with E-state index in [1.165, 1.54) is 11.1 Å². The average molecular weight is 399 g/mol. The van der Waals surface area contributed by atoms with Gasteiger partial charge in [-0.05, 0) is 56.2 Å². The molecule has 1 N–H and O–H groups in total. The van der Waals surface area contributed by atoms with E-state index >= 15 is 0 Å². The molecule has 0 amide bonds. The number of aryl methyl sites for hydroxylation is 3. The first kappa shape index (κ1) is 18.4. The minimum absolute atomic E-state index is 0.00636. The number of hydrogen-bond donors (Lipinski definition) is 1. The van der Waals surface area contributed by atoms with Gasteiger partial charge < -0.3 is 4.42 Å². The Morgan fingerprint density at radius 2 is 1.87 bits per heavy atom. The normalized spacial score (nSPS) is 16.0. The summed E-state index contributed by atoms with van der Waals surface area (Å²) in [6.07, 6.45) is 4.25. The zero-order chi connectivity index (χ0) is 20.8. The standard InChI is InChI=1S/C23H21N5O2/c1-12-7-16-14(3)25-23(27-18(16)8-13(12)2)28-22-24-11-17-19(26-22)9-15(10-20(17)29)21-5-4-6-30-21/h4-8,11,15H,9-10H2,1-3H3,(H,24,25,26,27,28)/t15-/m1/s1. The van der Waals surface area contributed by atoms with Gasteiger partial charge in [0.2, 0.25) is 11.9 Å². The van der Waals surface area contributed by atoms with Crippen LogP contribution in [0.3, 0.4) is 0 Å². The quantitative estimate of drug-likeness (QED) is 0.538. The second-order valence-corrected chi connectivity index (χ2v) is 7.81. The Bertz CT molecular complexity index is 1280. The number of anilines is 2. The van der Waals surface area contributed by atoms with Gasteiger partial charge in [-0.3, -0.25) is 10.1 Å². The first-order chi connectivity index (χ1) is 14.5. The van der Waals surface area contributed by atoms with Gasteiger partial charge in [0.15, 0.2) is 5.78 Å². The van der Waals surface area contributed by atoms with Crippen LogP contribution in [0.15, 0.2) is 41.1 Å². The summed E-state index contributed by atoms with van der Waals surface area (Å²) in [7, 11) is 0. The fourth-order valence-electron chi connectivity index (χ4n) is 3.93. The second-order valence-electron chi connectivity index (χ2n) is 7.81. The number of hydrogen-bond acceptors (Lipinski definition) is 7. The van der Waals surface area contributed by atoms with E-state index in [0.29, 0.717) is 36.0 Å². The smallest absolute Gasteiger partial charge is 0.230 e. The summed E-state index contributed by atoms with van der Waals surface area (Å²) in [5, 5.41) is 4.14. The molecule has 4 aromatic rings. The van der Waals surface area contributed by atoms with Crippen LogP contribution in [0.1, 0.15) is 51.0 Å². The third-order valence-electron chi connectivity index (χ3n) is 5.71. The number of ketones is 1. The Labute approximate surface area is 173 Å². The molecule has 1 atom stereocenters. The summed E-state index contributed by atoms with van der Waals surface area (Å²) in [5.74, 6) is 1.65. The summed E-state index contributed by atoms with van der Waals surface area (Å²) in [5.41, 5.74) is 5.44. The van der Waals surface area contributed by atoms with Crippen LogP contribution in [-0.2, 0) is 6.42 Å². The lowest BCUT2D eigenvalue weighted by Gasteiger charge is -2.21. The molecule has 7 nitrogen and oxygen atoms in total. The Morgan fingerprint density at radius 1 is 1.03 bits per heavy atom. The monoisotopic (exact) mass is 399 g/mol. The maximum absolute atomic E-state index is 12.5. The molecule has 5 rings (SSSR count). The molecule has 0 saturated heterocycles. The highest BCUT2D eigenvalue weighted by molar-refractivity contribution is 5.98. The zero-order valence-electron chi connectivity index (χ0n) is 17.1. The number of rotatable bonds is 3. The molecule has 7 heteroatoms. The molecule has 0 saturated carbocycles. The van der Waals surface area contributed by atoms with Crippen LogP contribution in [-0.4, -0.2) is 25.7 Å². The summed E-state index contributed by atoms with van der Waals surface area (Å²) in [4.78, 5) is 30.7. The molecule has 3 heterocycles. The average Bonchev–Trinajstić information content (AvgIpc) is 3.24. The van der Waals surface area contributed by atoms with Gasteiger partial charge >= 0.3 is 0 Å². The molecule has 30 heavy (non-hydrogen) atoms. The van der Waals surface area contributed by atoms with Crippen molar-refractivity contribution in [1.82, 2.24) is 19.9 Å². The molecule has 0 unspecified atom stereocenters. The number of aromatic nitrogens is 4. The molecule has 1 aromatic carbocycles. The molecule has 150 valence electrons. The number of nitrogens with zero attached hydrogens (tertiary/aromatic N) is 4. The Balaban J connectivity index is 1.47. The van der Waals surface area contributed by atoms with Crippen LogP contribution in [0, 0.1) is 20.8 Å². The van der Waals surface area contributed by atoms with E-state index in [9.17, 15) is 4.79 Å². The Hall–Kier alpha value is -3.61. The molecule has 0 bridgehead atoms. The largest absolute Gasteiger partial charge is 0.469 e. The lowest BCUT2D eigenvalue weighted by atomic mass is 9.85. The van der Waals surface area contributed by atoms with Crippen molar-refractivity contribution in [2.75, 3.05) is 5.32 Å². The maximum atomic E-state index is 12.5. The number of benzene rings is 1. The van der Waals surface area contributed by atoms with Gasteiger partial charge in [0, 0.05) is 30.3 Å². The van der Waals surface area contributed by atoms with E-state index in [4.69, 9.17) is 4.42 Å². The fraction of sp³-hybridized carbons (Fsp3) is 0.261. The van der Waals surface area contributed by atoms with E-state index in [2.05, 4.69) is 51.2 Å². The zero-order valence-corrected chi connectivity index (χ0v) is 17.1. The van der Waals surface area contributed by atoms with Gasteiger partial charge in [0.1, 0.15) is 5.76 Å². The van der Waals surface area contributed by atoms with E-state index in [0.717, 1.165) is 22.4 Å². The maximum Gasteiger partial charge on any atom is 0.230 e. The van der Waals surface area contributed by atoms with E-state index < -0.39 is 0 Å². The van der Waals surface area contributed by atoms with E-state index in [1.54, 1.807) is 12.5 Å². The predicted molar refractivity (Wildman–Crippen MR) is 113 cm³/mol. The molecular weight excluding hydrogens is 378 g/mol. The minimum Gasteiger partial charge on any atom is -0.469 e. The Kier molecular flexibility index (Phi) is 4.31. The summed E-state index contributed by atoms with van der Waals surface area (Å²) in [6, 6.07) is 7.91. The van der Waals surface area contributed by atoms with Crippen LogP contribution < -0.4 is 5.32 Å². The molecule has 0 fully saturated rings. The highest BCUT2D eigenvalue weighted by Crippen LogP contribution is 2.32. The lowest BCUT2D eigenvalue weighted by Crippen LogP contribution is -2.21. The highest BCUT2D eigenvalue weighted by Gasteiger charge is 2.29. The van der Waals surface area contributed by atoms with Crippen LogP contribution in [0.4, 0.5) is 11.9 Å². The van der Waals surface area contributed by atoms with Crippen molar-refractivity contribution in [3.8, 4) is 0 Å². The van der Waals surface area contributed by atoms with Crippen molar-refractivity contribution in [2.45, 2.75) is 39.5 Å². The molecule has 0 aliphatic heterocycles. The molecule has 3 aromatic heterocycles. The van der Waals surface area contributed by atoms with Gasteiger partial charge in [-0.15, -0.1) is 0 Å². The van der Waals surface area contributed by atoms with Crippen LogP contribution in [0.2, 0.25) is 0 Å². The Morgan fingerprint density at radius 3 is 2.67 bits per heavy atom. The highest BCUT2D eigenvalue weighted by atomic mass is 16.3. The molecule has 1 aliphatic carbocycles. The van der Waals surface area contributed by atoms with Crippen molar-refractivity contribution in [3.05, 3.63) is 70.6 Å². The van der Waals surface area contributed by atoms with Crippen LogP contribution in [0.25, 0.3) is 10.9 Å². The number of fused-ring (bicyclic) bond motifs is 2. The van der Waals surface area contributed by atoms with E-state index in [-0.39, 0.29) is 11.7 Å². The number of furan rings is 1. The molecule has 1 aliphatic rings. The van der Waals surface area contributed by atoms with Crippen molar-refractivity contribution in [2.24, 2.45) is 0 Å². The topological polar surface area (TPSA) is 93.8 Å². The third kappa shape index (κ3) is 3.22. The number of carbonyl (C=O) groups excluding carboxylic acids is 1. The van der Waals surface area contributed by atoms with Crippen molar-refractivity contribution >= 4 is 28.6 Å². The van der Waals surface area contributed by atoms with Crippen molar-refractivity contribution < 1.29 is 9.21 Å². The summed E-state index contributed by atoms with van der Waals surface area (Å²) in [6.45, 7) is 6.11. The molecular formula is C23H21N5O2. The predicted octanol–water partition coefficient (Wildman–Crippen LogP) is 4.59. The second kappa shape index (κ2) is 7.02. The summed E-state index contributed by atoms with van der Waals surface area (Å²) < 4.78 is 5.50. The van der Waals surface area contributed by atoms with Gasteiger partial charge in [0.25, 0.3) is 0 Å². The van der Waals surface area contributed by atoms with Crippen LogP contribution in [0.5, 0.6) is 0 Å². The molecule has 0 radical (unpaired) electrons. The summed E-state index contributed by atoms with van der Waals surface area (Å²) >= 11 is 0. The lowest BCUT2D eigenvalue weighted by molar-refractivity contribution is 0.0958. The van der Waals surface area contributed by atoms with Gasteiger partial charge in [-0.1, -0.05) is 0 Å². The van der Waals surface area contributed by atoms with Gasteiger partial charge in [-0.2, -0.15) is 0 Å². The van der Waals surface area contributed by atoms with Crippen molar-refractivity contribution in [1.29, 1.82) is 0 Å². The third-order valence-corrected chi connectivity index (χ3v) is 5.71. The first-order valence-corrected chi connectivity index (χ1v) is 9.93. The first-order valence-electron chi connectivity index (χ1n) is 9.93. The number of carbonyl (C=O) groups is 1. The van der Waals surface area contributed by atoms with Gasteiger partial charge in [-0.25, -0.2) is 19.9 Å². The van der Waals surface area contributed by atoms with Gasteiger partial charge in [0.05, 0.1) is 28.7 Å².